The van der Waals surface area contributed by atoms with Crippen LogP contribution in [0.2, 0.25) is 0 Å². The molecule has 0 aromatic heterocycles. The SMILES string of the molecule is CC(=O)[C@@H](C)C[C@H](C)COCc1ccccc1. The zero-order chi connectivity index (χ0) is 12.7. The fourth-order valence-corrected chi connectivity index (χ4v) is 1.79. The van der Waals surface area contributed by atoms with E-state index in [9.17, 15) is 4.79 Å². The number of rotatable bonds is 7. The minimum absolute atomic E-state index is 0.144. The van der Waals surface area contributed by atoms with Crippen LogP contribution < -0.4 is 0 Å². The Bertz CT molecular complexity index is 332. The number of hydrogen-bond donors (Lipinski definition) is 0. The first-order chi connectivity index (χ1) is 8.09. The van der Waals surface area contributed by atoms with E-state index in [-0.39, 0.29) is 11.7 Å². The normalized spacial score (nSPS) is 14.3. The second-order valence-corrected chi connectivity index (χ2v) is 4.85. The summed E-state index contributed by atoms with van der Waals surface area (Å²) in [5.41, 5.74) is 1.19. The molecular weight excluding hydrogens is 212 g/mol. The quantitative estimate of drug-likeness (QED) is 0.722. The average molecular weight is 234 g/mol. The van der Waals surface area contributed by atoms with Gasteiger partial charge in [0.15, 0.2) is 0 Å². The first-order valence-electron chi connectivity index (χ1n) is 6.21. The van der Waals surface area contributed by atoms with Crippen LogP contribution in [0.5, 0.6) is 0 Å². The lowest BCUT2D eigenvalue weighted by Gasteiger charge is -2.15. The fraction of sp³-hybridized carbons (Fsp3) is 0.533. The highest BCUT2D eigenvalue weighted by atomic mass is 16.5. The summed E-state index contributed by atoms with van der Waals surface area (Å²) in [7, 11) is 0. The van der Waals surface area contributed by atoms with E-state index in [1.54, 1.807) is 6.92 Å². The molecule has 0 fully saturated rings. The zero-order valence-corrected chi connectivity index (χ0v) is 11.0. The van der Waals surface area contributed by atoms with E-state index in [1.807, 2.05) is 25.1 Å². The van der Waals surface area contributed by atoms with Crippen molar-refractivity contribution < 1.29 is 9.53 Å². The van der Waals surface area contributed by atoms with Crippen molar-refractivity contribution in [3.05, 3.63) is 35.9 Å². The van der Waals surface area contributed by atoms with Crippen LogP contribution in [0.25, 0.3) is 0 Å². The van der Waals surface area contributed by atoms with Gasteiger partial charge in [-0.15, -0.1) is 0 Å². The molecular formula is C15H22O2. The van der Waals surface area contributed by atoms with Gasteiger partial charge in [0, 0.05) is 12.5 Å². The molecule has 1 rings (SSSR count). The maximum atomic E-state index is 11.1. The topological polar surface area (TPSA) is 26.3 Å². The number of benzene rings is 1. The number of hydrogen-bond acceptors (Lipinski definition) is 2. The number of carbonyl (C=O) groups excluding carboxylic acids is 1. The molecule has 1 aromatic rings. The molecule has 0 saturated carbocycles. The van der Waals surface area contributed by atoms with Gasteiger partial charge in [0.1, 0.15) is 5.78 Å². The molecule has 94 valence electrons. The van der Waals surface area contributed by atoms with E-state index in [0.717, 1.165) is 6.42 Å². The monoisotopic (exact) mass is 234 g/mol. The highest BCUT2D eigenvalue weighted by molar-refractivity contribution is 5.77. The van der Waals surface area contributed by atoms with Crippen LogP contribution in [0.3, 0.4) is 0 Å². The molecule has 0 bridgehead atoms. The van der Waals surface area contributed by atoms with Crippen LogP contribution in [-0.4, -0.2) is 12.4 Å². The molecule has 0 spiro atoms. The third kappa shape index (κ3) is 5.64. The van der Waals surface area contributed by atoms with Crippen molar-refractivity contribution in [1.29, 1.82) is 0 Å². The van der Waals surface area contributed by atoms with Crippen LogP contribution in [0.15, 0.2) is 30.3 Å². The van der Waals surface area contributed by atoms with Crippen molar-refractivity contribution in [3.8, 4) is 0 Å². The van der Waals surface area contributed by atoms with E-state index < -0.39 is 0 Å². The van der Waals surface area contributed by atoms with Crippen molar-refractivity contribution in [2.24, 2.45) is 11.8 Å². The van der Waals surface area contributed by atoms with Crippen molar-refractivity contribution in [2.45, 2.75) is 33.8 Å². The van der Waals surface area contributed by atoms with Crippen molar-refractivity contribution >= 4 is 5.78 Å². The maximum absolute atomic E-state index is 11.1. The van der Waals surface area contributed by atoms with Crippen LogP contribution in [-0.2, 0) is 16.1 Å². The molecule has 1 aromatic carbocycles. The summed E-state index contributed by atoms with van der Waals surface area (Å²) in [6.45, 7) is 7.13. The summed E-state index contributed by atoms with van der Waals surface area (Å²) in [5.74, 6) is 0.836. The van der Waals surface area contributed by atoms with Crippen molar-refractivity contribution in [3.63, 3.8) is 0 Å². The van der Waals surface area contributed by atoms with Gasteiger partial charge in [-0.2, -0.15) is 0 Å². The first kappa shape index (κ1) is 13.9. The largest absolute Gasteiger partial charge is 0.376 e. The summed E-state index contributed by atoms with van der Waals surface area (Å²) < 4.78 is 5.65. The Balaban J connectivity index is 2.20. The van der Waals surface area contributed by atoms with Gasteiger partial charge in [-0.05, 0) is 24.8 Å². The average Bonchev–Trinajstić information content (AvgIpc) is 2.30. The van der Waals surface area contributed by atoms with Gasteiger partial charge in [-0.1, -0.05) is 44.2 Å². The third-order valence-electron chi connectivity index (χ3n) is 2.96. The molecule has 0 heterocycles. The van der Waals surface area contributed by atoms with E-state index in [4.69, 9.17) is 4.74 Å². The maximum Gasteiger partial charge on any atom is 0.132 e. The highest BCUT2D eigenvalue weighted by Crippen LogP contribution is 2.13. The van der Waals surface area contributed by atoms with Crippen molar-refractivity contribution in [2.75, 3.05) is 6.61 Å². The van der Waals surface area contributed by atoms with Gasteiger partial charge < -0.3 is 4.74 Å². The molecule has 0 aliphatic heterocycles. The number of ether oxygens (including phenoxy) is 1. The smallest absolute Gasteiger partial charge is 0.132 e. The Morgan fingerprint density at radius 1 is 1.24 bits per heavy atom. The summed E-state index contributed by atoms with van der Waals surface area (Å²) >= 11 is 0. The minimum atomic E-state index is 0.144. The molecule has 17 heavy (non-hydrogen) atoms. The lowest BCUT2D eigenvalue weighted by atomic mass is 9.95. The number of Topliss-reactive ketones (excluding diaryl/α,β-unsaturated/α-hetero) is 1. The van der Waals surface area contributed by atoms with E-state index in [1.165, 1.54) is 5.56 Å². The van der Waals surface area contributed by atoms with Gasteiger partial charge in [0.2, 0.25) is 0 Å². The summed E-state index contributed by atoms with van der Waals surface area (Å²) in [6.07, 6.45) is 0.907. The Morgan fingerprint density at radius 2 is 1.88 bits per heavy atom. The number of ketones is 1. The second kappa shape index (κ2) is 7.23. The molecule has 0 aliphatic rings. The lowest BCUT2D eigenvalue weighted by molar-refractivity contribution is -0.120. The van der Waals surface area contributed by atoms with Crippen LogP contribution in [0, 0.1) is 11.8 Å². The second-order valence-electron chi connectivity index (χ2n) is 4.85. The van der Waals surface area contributed by atoms with Gasteiger partial charge >= 0.3 is 0 Å². The predicted octanol–water partition coefficient (Wildman–Crippen LogP) is 3.45. The summed E-state index contributed by atoms with van der Waals surface area (Å²) in [6, 6.07) is 10.1. The highest BCUT2D eigenvalue weighted by Gasteiger charge is 2.12. The molecule has 2 heteroatoms. The summed E-state index contributed by atoms with van der Waals surface area (Å²) in [4.78, 5) is 11.1. The van der Waals surface area contributed by atoms with Gasteiger partial charge in [-0.25, -0.2) is 0 Å². The molecule has 0 amide bonds. The third-order valence-corrected chi connectivity index (χ3v) is 2.96. The Kier molecular flexibility index (Phi) is 5.92. The predicted molar refractivity (Wildman–Crippen MR) is 69.7 cm³/mol. The van der Waals surface area contributed by atoms with Crippen LogP contribution in [0.4, 0.5) is 0 Å². The van der Waals surface area contributed by atoms with Gasteiger partial charge in [0.05, 0.1) is 6.61 Å². The van der Waals surface area contributed by atoms with Gasteiger partial charge in [-0.3, -0.25) is 4.79 Å². The lowest BCUT2D eigenvalue weighted by Crippen LogP contribution is -2.14. The zero-order valence-electron chi connectivity index (χ0n) is 11.0. The molecule has 0 aliphatic carbocycles. The van der Waals surface area contributed by atoms with Crippen LogP contribution in [0.1, 0.15) is 32.8 Å². The molecule has 0 saturated heterocycles. The minimum Gasteiger partial charge on any atom is -0.376 e. The molecule has 2 atom stereocenters. The fourth-order valence-electron chi connectivity index (χ4n) is 1.79. The molecule has 2 nitrogen and oxygen atoms in total. The van der Waals surface area contributed by atoms with E-state index >= 15 is 0 Å². The molecule has 0 unspecified atom stereocenters. The summed E-state index contributed by atoms with van der Waals surface area (Å²) in [5, 5.41) is 0. The van der Waals surface area contributed by atoms with E-state index in [0.29, 0.717) is 19.1 Å². The first-order valence-corrected chi connectivity index (χ1v) is 6.21. The van der Waals surface area contributed by atoms with Crippen LogP contribution >= 0.6 is 0 Å². The number of carbonyl (C=O) groups is 1. The van der Waals surface area contributed by atoms with Gasteiger partial charge in [0.25, 0.3) is 0 Å². The standard InChI is InChI=1S/C15H22O2/c1-12(9-13(2)14(3)16)10-17-11-15-7-5-4-6-8-15/h4-8,12-13H,9-11H2,1-3H3/t12-,13-/m0/s1. The Hall–Kier alpha value is -1.15. The molecule has 0 radical (unpaired) electrons. The Labute approximate surface area is 104 Å². The van der Waals surface area contributed by atoms with Crippen molar-refractivity contribution in [1.82, 2.24) is 0 Å². The molecule has 0 N–H and O–H groups in total. The Morgan fingerprint density at radius 3 is 2.47 bits per heavy atom. The van der Waals surface area contributed by atoms with E-state index in [2.05, 4.69) is 19.1 Å².